The van der Waals surface area contributed by atoms with E-state index in [1.165, 1.54) is 6.07 Å². The zero-order chi connectivity index (χ0) is 27.2. The van der Waals surface area contributed by atoms with Crippen LogP contribution in [0.25, 0.3) is 22.0 Å². The zero-order valence-corrected chi connectivity index (χ0v) is 22.4. The number of anilines is 1. The van der Waals surface area contributed by atoms with Crippen molar-refractivity contribution in [1.82, 2.24) is 9.78 Å². The van der Waals surface area contributed by atoms with Crippen molar-refractivity contribution in [2.75, 3.05) is 11.0 Å². The molecule has 2 heterocycles. The number of aromatic nitrogens is 2. The van der Waals surface area contributed by atoms with Crippen molar-refractivity contribution in [2.24, 2.45) is 0 Å². The fourth-order valence-corrected chi connectivity index (χ4v) is 5.54. The van der Waals surface area contributed by atoms with E-state index in [0.29, 0.717) is 23.4 Å². The van der Waals surface area contributed by atoms with E-state index in [0.717, 1.165) is 45.0 Å². The summed E-state index contributed by atoms with van der Waals surface area (Å²) < 4.78 is 34.5. The van der Waals surface area contributed by atoms with Gasteiger partial charge in [-0.1, -0.05) is 19.1 Å². The third-order valence-corrected chi connectivity index (χ3v) is 7.18. The predicted octanol–water partition coefficient (Wildman–Crippen LogP) is 6.16. The molecule has 3 aromatic carbocycles. The molecule has 0 radical (unpaired) electrons. The second kappa shape index (κ2) is 9.60. The number of hydrogen-bond acceptors (Lipinski definition) is 6. The van der Waals surface area contributed by atoms with Crippen LogP contribution in [-0.2, 0) is 16.6 Å². The number of rotatable bonds is 6. The predicted molar refractivity (Wildman–Crippen MR) is 149 cm³/mol. The van der Waals surface area contributed by atoms with E-state index in [4.69, 9.17) is 4.74 Å². The molecule has 0 unspecified atom stereocenters. The first-order valence-electron chi connectivity index (χ1n) is 12.3. The number of hydrogen-bond donors (Lipinski definition) is 1. The van der Waals surface area contributed by atoms with E-state index in [1.807, 2.05) is 23.9 Å². The maximum absolute atomic E-state index is 11.9. The Hall–Kier alpha value is -4.18. The first-order valence-corrected chi connectivity index (χ1v) is 14.2. The Morgan fingerprint density at radius 1 is 1.16 bits per heavy atom. The molecule has 10 heteroatoms. The minimum absolute atomic E-state index is 0.0371. The van der Waals surface area contributed by atoms with Crippen LogP contribution in [0.1, 0.15) is 55.5 Å². The van der Waals surface area contributed by atoms with Gasteiger partial charge in [0.05, 0.1) is 22.9 Å². The first kappa shape index (κ1) is 25.5. The van der Waals surface area contributed by atoms with Crippen molar-refractivity contribution in [3.05, 3.63) is 93.2 Å². The van der Waals surface area contributed by atoms with Crippen LogP contribution in [0.2, 0.25) is 0 Å². The van der Waals surface area contributed by atoms with E-state index >= 15 is 0 Å². The molecule has 0 spiro atoms. The Balaban J connectivity index is 1.84. The van der Waals surface area contributed by atoms with Gasteiger partial charge in [0, 0.05) is 34.8 Å². The summed E-state index contributed by atoms with van der Waals surface area (Å²) >= 11 is 0. The SMILES string of the molecule is CC/C(=C1\c2cc3cnn(C(C)C)c3cc2COc2ccc([N+](=O)[O-])cc21)c1cccc(NS(C)(=O)=O)c1. The average Bonchev–Trinajstić information content (AvgIpc) is 3.20. The number of benzene rings is 3. The standard InChI is InChI=1S/C28H28N4O5S/c1-5-23(18-7-6-8-21(11-18)30-38(4,35)36)28-24-12-19-15-29-31(17(2)3)26(19)13-20(24)16-37-27-10-9-22(32(33)34)14-25(27)28/h6-15,17,30H,5,16H2,1-4H3/b28-23-. The molecular weight excluding hydrogens is 504 g/mol. The van der Waals surface area contributed by atoms with Gasteiger partial charge in [0.1, 0.15) is 12.4 Å². The van der Waals surface area contributed by atoms with Crippen LogP contribution >= 0.6 is 0 Å². The number of nitrogens with zero attached hydrogens (tertiary/aromatic N) is 3. The molecule has 1 aromatic heterocycles. The Bertz CT molecular complexity index is 1720. The lowest BCUT2D eigenvalue weighted by molar-refractivity contribution is -0.384. The Morgan fingerprint density at radius 2 is 1.95 bits per heavy atom. The monoisotopic (exact) mass is 532 g/mol. The lowest BCUT2D eigenvalue weighted by Gasteiger charge is -2.18. The molecule has 1 aliphatic heterocycles. The van der Waals surface area contributed by atoms with Crippen molar-refractivity contribution in [1.29, 1.82) is 0 Å². The van der Waals surface area contributed by atoms with Gasteiger partial charge in [-0.2, -0.15) is 5.10 Å². The van der Waals surface area contributed by atoms with Crippen molar-refractivity contribution < 1.29 is 18.1 Å². The maximum Gasteiger partial charge on any atom is 0.270 e. The van der Waals surface area contributed by atoms with Gasteiger partial charge in [0.15, 0.2) is 0 Å². The number of non-ortho nitro benzene ring substituents is 1. The molecule has 0 saturated heterocycles. The fourth-order valence-electron chi connectivity index (χ4n) is 4.99. The van der Waals surface area contributed by atoms with Crippen LogP contribution in [0, 0.1) is 10.1 Å². The van der Waals surface area contributed by atoms with E-state index in [1.54, 1.807) is 30.3 Å². The highest BCUT2D eigenvalue weighted by Gasteiger charge is 2.26. The van der Waals surface area contributed by atoms with E-state index in [9.17, 15) is 18.5 Å². The number of nitro groups is 1. The minimum Gasteiger partial charge on any atom is -0.488 e. The highest BCUT2D eigenvalue weighted by atomic mass is 32.2. The lowest BCUT2D eigenvalue weighted by atomic mass is 9.85. The van der Waals surface area contributed by atoms with Gasteiger partial charge in [0.2, 0.25) is 10.0 Å². The molecule has 0 saturated carbocycles. The summed E-state index contributed by atoms with van der Waals surface area (Å²) in [4.78, 5) is 11.3. The van der Waals surface area contributed by atoms with Gasteiger partial charge in [-0.25, -0.2) is 8.42 Å². The van der Waals surface area contributed by atoms with Crippen LogP contribution in [-0.4, -0.2) is 29.4 Å². The smallest absolute Gasteiger partial charge is 0.270 e. The highest BCUT2D eigenvalue weighted by molar-refractivity contribution is 7.92. The molecule has 0 fully saturated rings. The third-order valence-electron chi connectivity index (χ3n) is 6.58. The number of nitro benzene ring substituents is 1. The zero-order valence-electron chi connectivity index (χ0n) is 21.6. The summed E-state index contributed by atoms with van der Waals surface area (Å²) in [5, 5.41) is 17.2. The van der Waals surface area contributed by atoms with Crippen molar-refractivity contribution >= 4 is 43.4 Å². The number of fused-ring (bicyclic) bond motifs is 3. The Morgan fingerprint density at radius 3 is 2.63 bits per heavy atom. The van der Waals surface area contributed by atoms with Gasteiger partial charge in [0.25, 0.3) is 5.69 Å². The summed E-state index contributed by atoms with van der Waals surface area (Å²) in [7, 11) is -3.47. The number of sulfonamides is 1. The van der Waals surface area contributed by atoms with Crippen LogP contribution in [0.4, 0.5) is 11.4 Å². The number of ether oxygens (including phenoxy) is 1. The molecule has 196 valence electrons. The minimum atomic E-state index is -3.47. The largest absolute Gasteiger partial charge is 0.488 e. The van der Waals surface area contributed by atoms with Crippen molar-refractivity contribution in [3.63, 3.8) is 0 Å². The molecule has 38 heavy (non-hydrogen) atoms. The van der Waals surface area contributed by atoms with Gasteiger partial charge >= 0.3 is 0 Å². The summed E-state index contributed by atoms with van der Waals surface area (Å²) in [5.74, 6) is 0.549. The lowest BCUT2D eigenvalue weighted by Crippen LogP contribution is -2.09. The van der Waals surface area contributed by atoms with Gasteiger partial charge < -0.3 is 4.74 Å². The Kier molecular flexibility index (Phi) is 6.44. The molecule has 1 aliphatic rings. The van der Waals surface area contributed by atoms with E-state index < -0.39 is 14.9 Å². The van der Waals surface area contributed by atoms with Crippen LogP contribution < -0.4 is 9.46 Å². The molecule has 9 nitrogen and oxygen atoms in total. The highest BCUT2D eigenvalue weighted by Crippen LogP contribution is 2.44. The topological polar surface area (TPSA) is 116 Å². The van der Waals surface area contributed by atoms with Crippen molar-refractivity contribution in [2.45, 2.75) is 39.8 Å². The maximum atomic E-state index is 11.9. The molecule has 0 bridgehead atoms. The molecule has 4 aromatic rings. The fraction of sp³-hybridized carbons (Fsp3) is 0.250. The third kappa shape index (κ3) is 4.74. The van der Waals surface area contributed by atoms with Crippen LogP contribution in [0.15, 0.2) is 60.8 Å². The van der Waals surface area contributed by atoms with Gasteiger partial charge in [-0.15, -0.1) is 0 Å². The average molecular weight is 533 g/mol. The molecule has 0 amide bonds. The summed E-state index contributed by atoms with van der Waals surface area (Å²) in [5.41, 5.74) is 6.37. The molecule has 5 rings (SSSR count). The quantitative estimate of drug-likeness (QED) is 0.235. The first-order chi connectivity index (χ1) is 18.1. The normalized spacial score (nSPS) is 14.4. The molecule has 1 N–H and O–H groups in total. The second-order valence-electron chi connectivity index (χ2n) is 9.64. The van der Waals surface area contributed by atoms with Crippen molar-refractivity contribution in [3.8, 4) is 5.75 Å². The molecule has 0 aliphatic carbocycles. The van der Waals surface area contributed by atoms with Crippen LogP contribution in [0.3, 0.4) is 0 Å². The summed E-state index contributed by atoms with van der Waals surface area (Å²) in [6.45, 7) is 6.44. The van der Waals surface area contributed by atoms with Gasteiger partial charge in [-0.3, -0.25) is 19.5 Å². The van der Waals surface area contributed by atoms with E-state index in [-0.39, 0.29) is 18.3 Å². The summed E-state index contributed by atoms with van der Waals surface area (Å²) in [6.07, 6.45) is 3.52. The van der Waals surface area contributed by atoms with E-state index in [2.05, 4.69) is 35.8 Å². The molecular formula is C28H28N4O5S. The second-order valence-corrected chi connectivity index (χ2v) is 11.4. The number of allylic oxidation sites excluding steroid dienone is 1. The molecule has 0 atom stereocenters. The van der Waals surface area contributed by atoms with Crippen LogP contribution in [0.5, 0.6) is 5.75 Å². The Labute approximate surface area is 221 Å². The summed E-state index contributed by atoms with van der Waals surface area (Å²) in [6, 6.07) is 16.1. The van der Waals surface area contributed by atoms with Gasteiger partial charge in [-0.05, 0) is 78.4 Å². The number of nitrogens with one attached hydrogen (secondary N) is 1.